The van der Waals surface area contributed by atoms with Gasteiger partial charge in [-0.05, 0) is 51.0 Å². The first-order valence-corrected chi connectivity index (χ1v) is 5.52. The molecule has 0 saturated carbocycles. The standard InChI is InChI=1S/C13H20N2O/c1-9(2)14-13(16)15(5)12-7-10(3)6-11(4)8-12/h6-9H,1-5H3,(H,14,16). The highest BCUT2D eigenvalue weighted by molar-refractivity contribution is 5.91. The topological polar surface area (TPSA) is 32.3 Å². The average molecular weight is 220 g/mol. The third kappa shape index (κ3) is 3.26. The summed E-state index contributed by atoms with van der Waals surface area (Å²) in [5.74, 6) is 0. The Morgan fingerprint density at radius 3 is 2.12 bits per heavy atom. The van der Waals surface area contributed by atoms with Crippen molar-refractivity contribution in [3.8, 4) is 0 Å². The number of benzene rings is 1. The van der Waals surface area contributed by atoms with Gasteiger partial charge in [0.05, 0.1) is 0 Å². The lowest BCUT2D eigenvalue weighted by Gasteiger charge is -2.20. The second kappa shape index (κ2) is 5.01. The summed E-state index contributed by atoms with van der Waals surface area (Å²) in [7, 11) is 1.78. The molecule has 0 aromatic heterocycles. The highest BCUT2D eigenvalue weighted by Gasteiger charge is 2.11. The number of urea groups is 1. The van der Waals surface area contributed by atoms with E-state index >= 15 is 0 Å². The van der Waals surface area contributed by atoms with Crippen molar-refractivity contribution in [2.45, 2.75) is 33.7 Å². The SMILES string of the molecule is Cc1cc(C)cc(N(C)C(=O)NC(C)C)c1. The van der Waals surface area contributed by atoms with Gasteiger partial charge in [0.25, 0.3) is 0 Å². The smallest absolute Gasteiger partial charge is 0.321 e. The fourth-order valence-electron chi connectivity index (χ4n) is 1.61. The van der Waals surface area contributed by atoms with Crippen molar-refractivity contribution >= 4 is 11.7 Å². The normalized spacial score (nSPS) is 10.4. The summed E-state index contributed by atoms with van der Waals surface area (Å²) in [6.07, 6.45) is 0. The molecule has 0 aliphatic heterocycles. The maximum absolute atomic E-state index is 11.8. The van der Waals surface area contributed by atoms with Gasteiger partial charge >= 0.3 is 6.03 Å². The van der Waals surface area contributed by atoms with E-state index in [-0.39, 0.29) is 12.1 Å². The van der Waals surface area contributed by atoms with Gasteiger partial charge in [0.1, 0.15) is 0 Å². The van der Waals surface area contributed by atoms with Gasteiger partial charge in [0.15, 0.2) is 0 Å². The van der Waals surface area contributed by atoms with Crippen LogP contribution >= 0.6 is 0 Å². The molecule has 16 heavy (non-hydrogen) atoms. The van der Waals surface area contributed by atoms with E-state index in [1.165, 1.54) is 11.1 Å². The first-order valence-electron chi connectivity index (χ1n) is 5.52. The van der Waals surface area contributed by atoms with E-state index in [2.05, 4.69) is 11.4 Å². The van der Waals surface area contributed by atoms with Crippen molar-refractivity contribution in [2.75, 3.05) is 11.9 Å². The summed E-state index contributed by atoms with van der Waals surface area (Å²) in [5.41, 5.74) is 3.26. The van der Waals surface area contributed by atoms with Crippen LogP contribution in [0.5, 0.6) is 0 Å². The first kappa shape index (κ1) is 12.6. The molecule has 0 atom stereocenters. The quantitative estimate of drug-likeness (QED) is 0.816. The zero-order valence-corrected chi connectivity index (χ0v) is 10.7. The number of hydrogen-bond donors (Lipinski definition) is 1. The van der Waals surface area contributed by atoms with Crippen molar-refractivity contribution in [3.05, 3.63) is 29.3 Å². The molecule has 0 saturated heterocycles. The number of anilines is 1. The predicted octanol–water partition coefficient (Wildman–Crippen LogP) is 2.86. The van der Waals surface area contributed by atoms with Crippen LogP contribution in [0.3, 0.4) is 0 Å². The molecular formula is C13H20N2O. The highest BCUT2D eigenvalue weighted by Crippen LogP contribution is 2.17. The average Bonchev–Trinajstić information content (AvgIpc) is 2.13. The minimum Gasteiger partial charge on any atom is -0.336 e. The van der Waals surface area contributed by atoms with Crippen molar-refractivity contribution in [2.24, 2.45) is 0 Å². The number of amides is 2. The Bertz CT molecular complexity index is 365. The molecule has 1 N–H and O–H groups in total. The lowest BCUT2D eigenvalue weighted by atomic mass is 10.1. The second-order valence-corrected chi connectivity index (χ2v) is 4.51. The van der Waals surface area contributed by atoms with Crippen LogP contribution in [0.4, 0.5) is 10.5 Å². The van der Waals surface area contributed by atoms with Gasteiger partial charge < -0.3 is 5.32 Å². The zero-order valence-electron chi connectivity index (χ0n) is 10.7. The van der Waals surface area contributed by atoms with E-state index < -0.39 is 0 Å². The van der Waals surface area contributed by atoms with Crippen LogP contribution in [0.1, 0.15) is 25.0 Å². The number of nitrogens with one attached hydrogen (secondary N) is 1. The van der Waals surface area contributed by atoms with Gasteiger partial charge in [-0.25, -0.2) is 4.79 Å². The summed E-state index contributed by atoms with van der Waals surface area (Å²) in [6.45, 7) is 7.97. The maximum Gasteiger partial charge on any atom is 0.321 e. The predicted molar refractivity (Wildman–Crippen MR) is 68.0 cm³/mol. The minimum absolute atomic E-state index is 0.0694. The van der Waals surface area contributed by atoms with Crippen LogP contribution < -0.4 is 10.2 Å². The molecule has 0 spiro atoms. The summed E-state index contributed by atoms with van der Waals surface area (Å²) >= 11 is 0. The number of rotatable bonds is 2. The van der Waals surface area contributed by atoms with E-state index in [1.807, 2.05) is 39.8 Å². The Labute approximate surface area is 97.5 Å². The van der Waals surface area contributed by atoms with Gasteiger partial charge in [-0.15, -0.1) is 0 Å². The van der Waals surface area contributed by atoms with E-state index in [4.69, 9.17) is 0 Å². The molecule has 1 aromatic rings. The molecule has 1 rings (SSSR count). The summed E-state index contributed by atoms with van der Waals surface area (Å²) < 4.78 is 0. The Balaban J connectivity index is 2.87. The number of carbonyl (C=O) groups excluding carboxylic acids is 1. The minimum atomic E-state index is -0.0694. The van der Waals surface area contributed by atoms with E-state index in [0.29, 0.717) is 0 Å². The van der Waals surface area contributed by atoms with Gasteiger partial charge in [0.2, 0.25) is 0 Å². The second-order valence-electron chi connectivity index (χ2n) is 4.51. The van der Waals surface area contributed by atoms with Crippen LogP contribution in [-0.2, 0) is 0 Å². The van der Waals surface area contributed by atoms with Crippen molar-refractivity contribution < 1.29 is 4.79 Å². The molecule has 0 aliphatic rings. The molecule has 1 aromatic carbocycles. The van der Waals surface area contributed by atoms with Crippen molar-refractivity contribution in [1.82, 2.24) is 5.32 Å². The number of nitrogens with zero attached hydrogens (tertiary/aromatic N) is 1. The Morgan fingerprint density at radius 2 is 1.69 bits per heavy atom. The monoisotopic (exact) mass is 220 g/mol. The van der Waals surface area contributed by atoms with E-state index in [9.17, 15) is 4.79 Å². The van der Waals surface area contributed by atoms with Crippen molar-refractivity contribution in [3.63, 3.8) is 0 Å². The molecule has 0 unspecified atom stereocenters. The van der Waals surface area contributed by atoms with E-state index in [0.717, 1.165) is 5.69 Å². The van der Waals surface area contributed by atoms with E-state index in [1.54, 1.807) is 11.9 Å². The number of aryl methyl sites for hydroxylation is 2. The molecule has 3 heteroatoms. The molecule has 88 valence electrons. The fourth-order valence-corrected chi connectivity index (χ4v) is 1.61. The molecule has 0 fully saturated rings. The van der Waals surface area contributed by atoms with Crippen LogP contribution in [0.15, 0.2) is 18.2 Å². The lowest BCUT2D eigenvalue weighted by molar-refractivity contribution is 0.245. The molecule has 0 radical (unpaired) electrons. The Morgan fingerprint density at radius 1 is 1.19 bits per heavy atom. The lowest BCUT2D eigenvalue weighted by Crippen LogP contribution is -2.40. The van der Waals surface area contributed by atoms with Crippen LogP contribution in [0.25, 0.3) is 0 Å². The molecule has 2 amide bonds. The molecular weight excluding hydrogens is 200 g/mol. The molecule has 3 nitrogen and oxygen atoms in total. The van der Waals surface area contributed by atoms with Crippen LogP contribution in [0.2, 0.25) is 0 Å². The third-order valence-electron chi connectivity index (χ3n) is 2.31. The Hall–Kier alpha value is -1.51. The van der Waals surface area contributed by atoms with Gasteiger partial charge in [-0.1, -0.05) is 6.07 Å². The van der Waals surface area contributed by atoms with Crippen LogP contribution in [-0.4, -0.2) is 19.1 Å². The summed E-state index contributed by atoms with van der Waals surface area (Å²) in [6, 6.07) is 6.19. The molecule has 0 bridgehead atoms. The summed E-state index contributed by atoms with van der Waals surface area (Å²) in [5, 5.41) is 2.87. The zero-order chi connectivity index (χ0) is 12.3. The number of hydrogen-bond acceptors (Lipinski definition) is 1. The first-order chi connectivity index (χ1) is 7.40. The van der Waals surface area contributed by atoms with Gasteiger partial charge in [0, 0.05) is 18.8 Å². The Kier molecular flexibility index (Phi) is 3.93. The van der Waals surface area contributed by atoms with Crippen LogP contribution in [0, 0.1) is 13.8 Å². The maximum atomic E-state index is 11.8. The fraction of sp³-hybridized carbons (Fsp3) is 0.462. The molecule has 0 heterocycles. The van der Waals surface area contributed by atoms with Crippen molar-refractivity contribution in [1.29, 1.82) is 0 Å². The molecule has 0 aliphatic carbocycles. The van der Waals surface area contributed by atoms with Gasteiger partial charge in [-0.2, -0.15) is 0 Å². The van der Waals surface area contributed by atoms with Gasteiger partial charge in [-0.3, -0.25) is 4.90 Å². The summed E-state index contributed by atoms with van der Waals surface area (Å²) in [4.78, 5) is 13.4. The third-order valence-corrected chi connectivity index (χ3v) is 2.31. The highest BCUT2D eigenvalue weighted by atomic mass is 16.2. The largest absolute Gasteiger partial charge is 0.336 e. The number of carbonyl (C=O) groups is 1.